The van der Waals surface area contributed by atoms with Crippen LogP contribution < -0.4 is 10.0 Å². The van der Waals surface area contributed by atoms with Crippen molar-refractivity contribution in [2.45, 2.75) is 37.5 Å². The minimum absolute atomic E-state index is 0.00401. The zero-order valence-corrected chi connectivity index (χ0v) is 11.9. The molecule has 0 radical (unpaired) electrons. The Balaban J connectivity index is 2.42. The summed E-state index contributed by atoms with van der Waals surface area (Å²) in [6.07, 6.45) is 2.55. The van der Waals surface area contributed by atoms with Crippen LogP contribution in [0.4, 0.5) is 0 Å². The Bertz CT molecular complexity index is 311. The van der Waals surface area contributed by atoms with Gasteiger partial charge in [0.2, 0.25) is 10.0 Å². The molecule has 0 aliphatic carbocycles. The summed E-state index contributed by atoms with van der Waals surface area (Å²) in [5.74, 6) is 0. The Kier molecular flexibility index (Phi) is 5.85. The van der Waals surface area contributed by atoms with Crippen molar-refractivity contribution in [1.29, 1.82) is 0 Å². The summed E-state index contributed by atoms with van der Waals surface area (Å²) < 4.78 is 26.9. The van der Waals surface area contributed by atoms with E-state index in [0.717, 1.165) is 32.4 Å². The lowest BCUT2D eigenvalue weighted by Crippen LogP contribution is -2.47. The zero-order chi connectivity index (χ0) is 12.9. The lowest BCUT2D eigenvalue weighted by atomic mass is 10.2. The van der Waals surface area contributed by atoms with Crippen LogP contribution in [0.25, 0.3) is 0 Å². The van der Waals surface area contributed by atoms with Gasteiger partial charge in [0.15, 0.2) is 0 Å². The van der Waals surface area contributed by atoms with Crippen LogP contribution in [0, 0.1) is 0 Å². The molecule has 1 heterocycles. The standard InChI is InChI=1S/C11H25N3O2S/c1-10(6-8-14(2)3)13-17(15,16)11-5-4-7-12-9-11/h10-13H,4-9H2,1-3H3. The average molecular weight is 263 g/mol. The number of rotatable bonds is 6. The third kappa shape index (κ3) is 5.33. The molecule has 1 aliphatic rings. The van der Waals surface area contributed by atoms with Gasteiger partial charge < -0.3 is 10.2 Å². The van der Waals surface area contributed by atoms with E-state index in [9.17, 15) is 8.42 Å². The van der Waals surface area contributed by atoms with Gasteiger partial charge in [-0.1, -0.05) is 0 Å². The second-order valence-corrected chi connectivity index (χ2v) is 7.12. The predicted octanol–water partition coefficient (Wildman–Crippen LogP) is -0.00200. The molecule has 0 aromatic carbocycles. The van der Waals surface area contributed by atoms with E-state index < -0.39 is 10.0 Å². The van der Waals surface area contributed by atoms with Crippen molar-refractivity contribution in [3.8, 4) is 0 Å². The van der Waals surface area contributed by atoms with Crippen molar-refractivity contribution < 1.29 is 8.42 Å². The summed E-state index contributed by atoms with van der Waals surface area (Å²) in [4.78, 5) is 2.06. The highest BCUT2D eigenvalue weighted by Crippen LogP contribution is 2.11. The maximum Gasteiger partial charge on any atom is 0.215 e. The maximum absolute atomic E-state index is 12.1. The van der Waals surface area contributed by atoms with Crippen LogP contribution in [0.1, 0.15) is 26.2 Å². The molecule has 2 unspecified atom stereocenters. The number of sulfonamides is 1. The minimum Gasteiger partial charge on any atom is -0.315 e. The van der Waals surface area contributed by atoms with Gasteiger partial charge in [0, 0.05) is 12.6 Å². The van der Waals surface area contributed by atoms with Crippen LogP contribution in [0.15, 0.2) is 0 Å². The summed E-state index contributed by atoms with van der Waals surface area (Å²) in [6, 6.07) is 0.00401. The second kappa shape index (κ2) is 6.68. The maximum atomic E-state index is 12.1. The highest BCUT2D eigenvalue weighted by Gasteiger charge is 2.28. The molecular weight excluding hydrogens is 238 g/mol. The van der Waals surface area contributed by atoms with E-state index in [-0.39, 0.29) is 11.3 Å². The van der Waals surface area contributed by atoms with Crippen molar-refractivity contribution in [3.05, 3.63) is 0 Å². The molecule has 17 heavy (non-hydrogen) atoms. The molecule has 0 spiro atoms. The summed E-state index contributed by atoms with van der Waals surface area (Å²) >= 11 is 0. The first-order valence-electron chi connectivity index (χ1n) is 6.28. The molecule has 0 saturated carbocycles. The molecule has 1 saturated heterocycles. The first-order chi connectivity index (χ1) is 7.92. The topological polar surface area (TPSA) is 61.4 Å². The Morgan fingerprint density at radius 2 is 2.18 bits per heavy atom. The molecule has 1 rings (SSSR count). The molecule has 0 aromatic heterocycles. The van der Waals surface area contributed by atoms with Crippen LogP contribution in [0.2, 0.25) is 0 Å². The monoisotopic (exact) mass is 263 g/mol. The first-order valence-corrected chi connectivity index (χ1v) is 7.83. The van der Waals surface area contributed by atoms with E-state index in [1.165, 1.54) is 0 Å². The van der Waals surface area contributed by atoms with Gasteiger partial charge in [-0.05, 0) is 53.4 Å². The average Bonchev–Trinajstić information content (AvgIpc) is 2.27. The lowest BCUT2D eigenvalue weighted by Gasteiger charge is -2.25. The Labute approximate surface area is 105 Å². The Morgan fingerprint density at radius 3 is 2.71 bits per heavy atom. The fourth-order valence-electron chi connectivity index (χ4n) is 1.97. The molecule has 6 heteroatoms. The van der Waals surface area contributed by atoms with Crippen LogP contribution >= 0.6 is 0 Å². The van der Waals surface area contributed by atoms with Crippen LogP contribution in [0.3, 0.4) is 0 Å². The van der Waals surface area contributed by atoms with Crippen molar-refractivity contribution >= 4 is 10.0 Å². The normalized spacial score (nSPS) is 23.9. The molecule has 1 fully saturated rings. The largest absolute Gasteiger partial charge is 0.315 e. The van der Waals surface area contributed by atoms with Crippen LogP contribution in [0.5, 0.6) is 0 Å². The highest BCUT2D eigenvalue weighted by molar-refractivity contribution is 7.90. The van der Waals surface area contributed by atoms with E-state index in [0.29, 0.717) is 6.54 Å². The predicted molar refractivity (Wildman–Crippen MR) is 70.6 cm³/mol. The molecule has 1 aliphatic heterocycles. The Hall–Kier alpha value is -0.170. The van der Waals surface area contributed by atoms with Gasteiger partial charge in [-0.3, -0.25) is 0 Å². The van der Waals surface area contributed by atoms with E-state index in [1.54, 1.807) is 0 Å². The number of nitrogens with one attached hydrogen (secondary N) is 2. The quantitative estimate of drug-likeness (QED) is 0.708. The third-order valence-electron chi connectivity index (χ3n) is 3.07. The van der Waals surface area contributed by atoms with Crippen molar-refractivity contribution in [3.63, 3.8) is 0 Å². The van der Waals surface area contributed by atoms with Gasteiger partial charge in [0.25, 0.3) is 0 Å². The van der Waals surface area contributed by atoms with E-state index in [2.05, 4.69) is 14.9 Å². The van der Waals surface area contributed by atoms with Gasteiger partial charge in [0.1, 0.15) is 0 Å². The van der Waals surface area contributed by atoms with Gasteiger partial charge in [-0.25, -0.2) is 13.1 Å². The van der Waals surface area contributed by atoms with E-state index in [1.807, 2.05) is 21.0 Å². The van der Waals surface area contributed by atoms with Crippen LogP contribution in [-0.2, 0) is 10.0 Å². The molecule has 2 atom stereocenters. The SMILES string of the molecule is CC(CCN(C)C)NS(=O)(=O)C1CCCNC1. The summed E-state index contributed by atoms with van der Waals surface area (Å²) in [5, 5.41) is 2.87. The summed E-state index contributed by atoms with van der Waals surface area (Å²) in [5.41, 5.74) is 0. The van der Waals surface area contributed by atoms with E-state index >= 15 is 0 Å². The van der Waals surface area contributed by atoms with Gasteiger partial charge in [-0.15, -0.1) is 0 Å². The first kappa shape index (κ1) is 14.9. The number of nitrogens with zero attached hydrogens (tertiary/aromatic N) is 1. The van der Waals surface area contributed by atoms with Crippen LogP contribution in [-0.4, -0.2) is 58.3 Å². The second-order valence-electron chi connectivity index (χ2n) is 5.12. The molecule has 0 aromatic rings. The van der Waals surface area contributed by atoms with Crippen molar-refractivity contribution in [2.75, 3.05) is 33.7 Å². The molecular formula is C11H25N3O2S. The smallest absolute Gasteiger partial charge is 0.215 e. The molecule has 0 bridgehead atoms. The molecule has 102 valence electrons. The fourth-order valence-corrected chi connectivity index (χ4v) is 3.66. The number of piperidine rings is 1. The van der Waals surface area contributed by atoms with Crippen molar-refractivity contribution in [2.24, 2.45) is 0 Å². The van der Waals surface area contributed by atoms with Gasteiger partial charge >= 0.3 is 0 Å². The van der Waals surface area contributed by atoms with Crippen molar-refractivity contribution in [1.82, 2.24) is 14.9 Å². The fraction of sp³-hybridized carbons (Fsp3) is 1.00. The molecule has 5 nitrogen and oxygen atoms in total. The minimum atomic E-state index is -3.16. The number of hydrogen-bond donors (Lipinski definition) is 2. The zero-order valence-electron chi connectivity index (χ0n) is 11.1. The highest BCUT2D eigenvalue weighted by atomic mass is 32.2. The van der Waals surface area contributed by atoms with Gasteiger partial charge in [-0.2, -0.15) is 0 Å². The number of hydrogen-bond acceptors (Lipinski definition) is 4. The Morgan fingerprint density at radius 1 is 1.47 bits per heavy atom. The van der Waals surface area contributed by atoms with Gasteiger partial charge in [0.05, 0.1) is 5.25 Å². The summed E-state index contributed by atoms with van der Waals surface area (Å²) in [7, 11) is 0.823. The molecule has 2 N–H and O–H groups in total. The lowest BCUT2D eigenvalue weighted by molar-refractivity contribution is 0.377. The third-order valence-corrected chi connectivity index (χ3v) is 5.08. The molecule has 0 amide bonds. The summed E-state index contributed by atoms with van der Waals surface area (Å²) in [6.45, 7) is 4.34. The van der Waals surface area contributed by atoms with E-state index in [4.69, 9.17) is 0 Å².